The third-order valence-corrected chi connectivity index (χ3v) is 2.49. The fraction of sp³-hybridized carbons (Fsp3) is 0.889. The summed E-state index contributed by atoms with van der Waals surface area (Å²) in [6.45, 7) is 3.05. The first kappa shape index (κ1) is 9.52. The quantitative estimate of drug-likeness (QED) is 0.636. The summed E-state index contributed by atoms with van der Waals surface area (Å²) in [5, 5.41) is 3.32. The Kier molecular flexibility index (Phi) is 3.53. The average molecular weight is 170 g/mol. The van der Waals surface area contributed by atoms with Crippen LogP contribution in [0.15, 0.2) is 0 Å². The van der Waals surface area contributed by atoms with Gasteiger partial charge in [0.2, 0.25) is 5.91 Å². The Bertz CT molecular complexity index is 155. The van der Waals surface area contributed by atoms with Gasteiger partial charge in [-0.25, -0.2) is 0 Å². The molecule has 3 heteroatoms. The van der Waals surface area contributed by atoms with Gasteiger partial charge in [0.05, 0.1) is 0 Å². The molecule has 0 aliphatic heterocycles. The first-order valence-electron chi connectivity index (χ1n) is 4.70. The summed E-state index contributed by atoms with van der Waals surface area (Å²) in [6.07, 6.45) is 4.51. The second-order valence-corrected chi connectivity index (χ2v) is 3.78. The standard InChI is InChI=1S/C9H18N2O/c1-7(5-9(10)12)11-6-8-3-2-4-8/h7-8,11H,2-6H2,1H3,(H2,10,12). The van der Waals surface area contributed by atoms with Crippen molar-refractivity contribution in [3.8, 4) is 0 Å². The van der Waals surface area contributed by atoms with E-state index in [1.165, 1.54) is 19.3 Å². The molecule has 3 nitrogen and oxygen atoms in total. The molecule has 0 saturated heterocycles. The van der Waals surface area contributed by atoms with Gasteiger partial charge in [-0.05, 0) is 32.2 Å². The van der Waals surface area contributed by atoms with Gasteiger partial charge in [0.1, 0.15) is 0 Å². The van der Waals surface area contributed by atoms with Gasteiger partial charge in [0.15, 0.2) is 0 Å². The van der Waals surface area contributed by atoms with E-state index in [2.05, 4.69) is 5.32 Å². The van der Waals surface area contributed by atoms with Crippen molar-refractivity contribution in [2.24, 2.45) is 11.7 Å². The molecule has 1 atom stereocenters. The number of carbonyl (C=O) groups is 1. The zero-order valence-electron chi connectivity index (χ0n) is 7.68. The van der Waals surface area contributed by atoms with E-state index in [1.807, 2.05) is 6.92 Å². The zero-order valence-corrected chi connectivity index (χ0v) is 7.68. The summed E-state index contributed by atoms with van der Waals surface area (Å²) in [6, 6.07) is 0.239. The van der Waals surface area contributed by atoms with Crippen LogP contribution in [0.3, 0.4) is 0 Å². The molecule has 0 aromatic carbocycles. The number of hydrogen-bond acceptors (Lipinski definition) is 2. The van der Waals surface area contributed by atoms with Crippen LogP contribution in [0.2, 0.25) is 0 Å². The van der Waals surface area contributed by atoms with E-state index in [-0.39, 0.29) is 11.9 Å². The number of nitrogens with one attached hydrogen (secondary N) is 1. The molecule has 1 aliphatic carbocycles. The van der Waals surface area contributed by atoms with Crippen LogP contribution in [0, 0.1) is 5.92 Å². The molecular formula is C9H18N2O. The van der Waals surface area contributed by atoms with Crippen LogP contribution in [0.5, 0.6) is 0 Å². The number of amides is 1. The van der Waals surface area contributed by atoms with E-state index in [0.717, 1.165) is 12.5 Å². The van der Waals surface area contributed by atoms with E-state index < -0.39 is 0 Å². The van der Waals surface area contributed by atoms with Gasteiger partial charge < -0.3 is 11.1 Å². The molecule has 0 bridgehead atoms. The van der Waals surface area contributed by atoms with Crippen LogP contribution in [0.4, 0.5) is 0 Å². The van der Waals surface area contributed by atoms with Crippen LogP contribution < -0.4 is 11.1 Å². The minimum Gasteiger partial charge on any atom is -0.370 e. The summed E-state index contributed by atoms with van der Waals surface area (Å²) >= 11 is 0. The second kappa shape index (κ2) is 4.45. The Morgan fingerprint density at radius 3 is 2.75 bits per heavy atom. The lowest BCUT2D eigenvalue weighted by molar-refractivity contribution is -0.118. The van der Waals surface area contributed by atoms with Gasteiger partial charge in [-0.2, -0.15) is 0 Å². The molecule has 1 unspecified atom stereocenters. The summed E-state index contributed by atoms with van der Waals surface area (Å²) in [7, 11) is 0. The van der Waals surface area contributed by atoms with Gasteiger partial charge in [-0.15, -0.1) is 0 Å². The van der Waals surface area contributed by atoms with Crippen molar-refractivity contribution in [1.82, 2.24) is 5.32 Å². The smallest absolute Gasteiger partial charge is 0.218 e. The van der Waals surface area contributed by atoms with Crippen molar-refractivity contribution < 1.29 is 4.79 Å². The highest BCUT2D eigenvalue weighted by molar-refractivity contribution is 5.74. The van der Waals surface area contributed by atoms with Crippen LogP contribution in [-0.4, -0.2) is 18.5 Å². The van der Waals surface area contributed by atoms with Crippen molar-refractivity contribution in [3.05, 3.63) is 0 Å². The summed E-state index contributed by atoms with van der Waals surface area (Å²) < 4.78 is 0. The van der Waals surface area contributed by atoms with E-state index in [0.29, 0.717) is 6.42 Å². The highest BCUT2D eigenvalue weighted by Crippen LogP contribution is 2.25. The first-order valence-corrected chi connectivity index (χ1v) is 4.70. The van der Waals surface area contributed by atoms with Crippen molar-refractivity contribution in [1.29, 1.82) is 0 Å². The Morgan fingerprint density at radius 1 is 1.67 bits per heavy atom. The van der Waals surface area contributed by atoms with Crippen LogP contribution in [0.25, 0.3) is 0 Å². The van der Waals surface area contributed by atoms with Gasteiger partial charge in [-0.1, -0.05) is 6.42 Å². The lowest BCUT2D eigenvalue weighted by atomic mass is 9.85. The van der Waals surface area contributed by atoms with E-state index in [1.54, 1.807) is 0 Å². The molecular weight excluding hydrogens is 152 g/mol. The lowest BCUT2D eigenvalue weighted by Gasteiger charge is -2.27. The highest BCUT2D eigenvalue weighted by Gasteiger charge is 2.17. The predicted molar refractivity (Wildman–Crippen MR) is 48.6 cm³/mol. The summed E-state index contributed by atoms with van der Waals surface area (Å²) in [5.41, 5.74) is 5.07. The molecule has 1 aliphatic rings. The maximum Gasteiger partial charge on any atom is 0.218 e. The van der Waals surface area contributed by atoms with E-state index in [4.69, 9.17) is 5.73 Å². The van der Waals surface area contributed by atoms with Crippen molar-refractivity contribution in [3.63, 3.8) is 0 Å². The minimum atomic E-state index is -0.219. The maximum atomic E-state index is 10.5. The second-order valence-electron chi connectivity index (χ2n) is 3.78. The normalized spacial score (nSPS) is 20.1. The maximum absolute atomic E-state index is 10.5. The SMILES string of the molecule is CC(CC(N)=O)NCC1CCC1. The minimum absolute atomic E-state index is 0.219. The van der Waals surface area contributed by atoms with Crippen LogP contribution >= 0.6 is 0 Å². The topological polar surface area (TPSA) is 55.1 Å². The predicted octanol–water partition coefficient (Wildman–Crippen LogP) is 0.640. The summed E-state index contributed by atoms with van der Waals surface area (Å²) in [5.74, 6) is 0.629. The van der Waals surface area contributed by atoms with Gasteiger partial charge >= 0.3 is 0 Å². The average Bonchev–Trinajstić information content (AvgIpc) is 1.81. The van der Waals surface area contributed by atoms with E-state index >= 15 is 0 Å². The highest BCUT2D eigenvalue weighted by atomic mass is 16.1. The van der Waals surface area contributed by atoms with Crippen molar-refractivity contribution >= 4 is 5.91 Å². The third-order valence-electron chi connectivity index (χ3n) is 2.49. The number of carbonyl (C=O) groups excluding carboxylic acids is 1. The largest absolute Gasteiger partial charge is 0.370 e. The monoisotopic (exact) mass is 170 g/mol. The first-order chi connectivity index (χ1) is 5.68. The molecule has 1 rings (SSSR count). The Balaban J connectivity index is 2.00. The number of hydrogen-bond donors (Lipinski definition) is 2. The molecule has 12 heavy (non-hydrogen) atoms. The van der Waals surface area contributed by atoms with Crippen LogP contribution in [-0.2, 0) is 4.79 Å². The molecule has 0 spiro atoms. The van der Waals surface area contributed by atoms with Crippen molar-refractivity contribution in [2.45, 2.75) is 38.6 Å². The van der Waals surface area contributed by atoms with Gasteiger partial charge in [0, 0.05) is 12.5 Å². The van der Waals surface area contributed by atoms with Crippen LogP contribution in [0.1, 0.15) is 32.6 Å². The number of nitrogens with two attached hydrogens (primary N) is 1. The van der Waals surface area contributed by atoms with Gasteiger partial charge in [0.25, 0.3) is 0 Å². The third kappa shape index (κ3) is 3.22. The molecule has 1 amide bonds. The van der Waals surface area contributed by atoms with Gasteiger partial charge in [-0.3, -0.25) is 4.79 Å². The number of rotatable bonds is 5. The molecule has 0 heterocycles. The molecule has 70 valence electrons. The molecule has 3 N–H and O–H groups in total. The molecule has 0 aromatic heterocycles. The van der Waals surface area contributed by atoms with E-state index in [9.17, 15) is 4.79 Å². The Labute approximate surface area is 73.7 Å². The summed E-state index contributed by atoms with van der Waals surface area (Å²) in [4.78, 5) is 10.5. The lowest BCUT2D eigenvalue weighted by Crippen LogP contribution is -2.36. The Hall–Kier alpha value is -0.570. The zero-order chi connectivity index (χ0) is 8.97. The fourth-order valence-corrected chi connectivity index (χ4v) is 1.44. The Morgan fingerprint density at radius 2 is 2.33 bits per heavy atom. The molecule has 0 aromatic rings. The number of primary amides is 1. The van der Waals surface area contributed by atoms with Crippen molar-refractivity contribution in [2.75, 3.05) is 6.54 Å². The molecule has 1 saturated carbocycles. The molecule has 1 fully saturated rings. The fourth-order valence-electron chi connectivity index (χ4n) is 1.44. The molecule has 0 radical (unpaired) electrons.